The van der Waals surface area contributed by atoms with Gasteiger partial charge in [-0.25, -0.2) is 0 Å². The highest BCUT2D eigenvalue weighted by molar-refractivity contribution is 5.81. The van der Waals surface area contributed by atoms with Gasteiger partial charge in [-0.3, -0.25) is 23.7 Å². The van der Waals surface area contributed by atoms with E-state index in [0.29, 0.717) is 37.0 Å². The Kier molecular flexibility index (Phi) is 5.43. The molecule has 1 fully saturated rings. The molecule has 27 heavy (non-hydrogen) atoms. The number of likely N-dealkylation sites (tertiary alicyclic amines) is 1. The number of esters is 1. The Morgan fingerprint density at radius 3 is 2.56 bits per heavy atom. The number of ether oxygens (including phenoxy) is 1. The molecule has 0 radical (unpaired) electrons. The average molecular weight is 373 g/mol. The van der Waals surface area contributed by atoms with Gasteiger partial charge in [-0.05, 0) is 31.9 Å². The van der Waals surface area contributed by atoms with E-state index < -0.39 is 11.1 Å². The first-order valence-electron chi connectivity index (χ1n) is 9.07. The highest BCUT2D eigenvalue weighted by Crippen LogP contribution is 2.19. The Balaban J connectivity index is 1.87. The fourth-order valence-corrected chi connectivity index (χ4v) is 3.50. The standard InChI is InChI=1S/C19H23N3O5/c1-3-27-19(26)13-7-6-10-21(11-13)16(23)12-22-15-9-5-4-8-14(15)20(2)17(24)18(22)25/h4-5,8-9,13H,3,6-7,10-12H2,1-2H3/t13-/m0/s1. The fraction of sp³-hybridized carbons (Fsp3) is 0.474. The number of amides is 1. The summed E-state index contributed by atoms with van der Waals surface area (Å²) in [6.45, 7) is 2.61. The third-order valence-electron chi connectivity index (χ3n) is 4.95. The number of fused-ring (bicyclic) bond motifs is 1. The van der Waals surface area contributed by atoms with Crippen LogP contribution in [0.2, 0.25) is 0 Å². The fourth-order valence-electron chi connectivity index (χ4n) is 3.50. The molecule has 1 aliphatic heterocycles. The molecule has 0 unspecified atom stereocenters. The van der Waals surface area contributed by atoms with Crippen LogP contribution in [-0.4, -0.2) is 45.6 Å². The second kappa shape index (κ2) is 7.77. The van der Waals surface area contributed by atoms with Crippen LogP contribution in [0.15, 0.2) is 33.9 Å². The van der Waals surface area contributed by atoms with Crippen molar-refractivity contribution in [3.05, 3.63) is 45.0 Å². The van der Waals surface area contributed by atoms with Crippen LogP contribution < -0.4 is 11.1 Å². The summed E-state index contributed by atoms with van der Waals surface area (Å²) in [6, 6.07) is 6.97. The van der Waals surface area contributed by atoms with Crippen molar-refractivity contribution < 1.29 is 14.3 Å². The topological polar surface area (TPSA) is 90.6 Å². The Morgan fingerprint density at radius 1 is 1.15 bits per heavy atom. The zero-order chi connectivity index (χ0) is 19.6. The van der Waals surface area contributed by atoms with Crippen LogP contribution in [0.4, 0.5) is 0 Å². The summed E-state index contributed by atoms with van der Waals surface area (Å²) < 4.78 is 7.56. The van der Waals surface area contributed by atoms with E-state index >= 15 is 0 Å². The molecule has 0 aliphatic carbocycles. The summed E-state index contributed by atoms with van der Waals surface area (Å²) in [7, 11) is 1.53. The highest BCUT2D eigenvalue weighted by atomic mass is 16.5. The smallest absolute Gasteiger partial charge is 0.317 e. The Hall–Kier alpha value is -2.90. The number of aryl methyl sites for hydroxylation is 1. The number of aromatic nitrogens is 2. The number of carbonyl (C=O) groups is 2. The zero-order valence-electron chi connectivity index (χ0n) is 15.5. The summed E-state index contributed by atoms with van der Waals surface area (Å²) in [6.07, 6.45) is 1.37. The Morgan fingerprint density at radius 2 is 1.85 bits per heavy atom. The molecule has 3 rings (SSSR count). The molecule has 1 aromatic heterocycles. The molecule has 2 aromatic rings. The Labute approximate surface area is 156 Å². The first kappa shape index (κ1) is 18.9. The van der Waals surface area contributed by atoms with Gasteiger partial charge >= 0.3 is 17.1 Å². The number of hydrogen-bond acceptors (Lipinski definition) is 5. The number of carbonyl (C=O) groups excluding carboxylic acids is 2. The molecular weight excluding hydrogens is 350 g/mol. The molecule has 0 spiro atoms. The lowest BCUT2D eigenvalue weighted by molar-refractivity contribution is -0.151. The predicted molar refractivity (Wildman–Crippen MR) is 99.4 cm³/mol. The van der Waals surface area contributed by atoms with E-state index in [0.717, 1.165) is 0 Å². The van der Waals surface area contributed by atoms with Crippen molar-refractivity contribution in [1.29, 1.82) is 0 Å². The number of piperidine rings is 1. The lowest BCUT2D eigenvalue weighted by Crippen LogP contribution is -2.47. The first-order valence-corrected chi connectivity index (χ1v) is 9.07. The Bertz CT molecular complexity index is 991. The summed E-state index contributed by atoms with van der Waals surface area (Å²) in [5, 5.41) is 0. The molecule has 1 saturated heterocycles. The molecule has 8 heteroatoms. The molecule has 1 amide bonds. The van der Waals surface area contributed by atoms with Gasteiger partial charge in [-0.1, -0.05) is 12.1 Å². The third-order valence-corrected chi connectivity index (χ3v) is 4.95. The highest BCUT2D eigenvalue weighted by Gasteiger charge is 2.29. The van der Waals surface area contributed by atoms with Gasteiger partial charge in [-0.15, -0.1) is 0 Å². The number of rotatable bonds is 4. The SMILES string of the molecule is CCOC(=O)[C@H]1CCCN(C(=O)Cn2c(=O)c(=O)n(C)c3ccccc32)C1. The average Bonchev–Trinajstić information content (AvgIpc) is 2.69. The number of benzene rings is 1. The molecule has 0 bridgehead atoms. The number of hydrogen-bond donors (Lipinski definition) is 0. The molecule has 0 saturated carbocycles. The quantitative estimate of drug-likeness (QED) is 0.575. The normalized spacial score (nSPS) is 17.1. The van der Waals surface area contributed by atoms with E-state index in [-0.39, 0.29) is 30.9 Å². The van der Waals surface area contributed by atoms with Gasteiger partial charge in [0.15, 0.2) is 0 Å². The molecule has 1 atom stereocenters. The maximum atomic E-state index is 12.8. The van der Waals surface area contributed by atoms with Gasteiger partial charge in [0.25, 0.3) is 0 Å². The van der Waals surface area contributed by atoms with E-state index in [4.69, 9.17) is 4.74 Å². The van der Waals surface area contributed by atoms with Gasteiger partial charge in [0, 0.05) is 20.1 Å². The maximum Gasteiger partial charge on any atom is 0.317 e. The van der Waals surface area contributed by atoms with Gasteiger partial charge in [0.05, 0.1) is 23.6 Å². The minimum atomic E-state index is -0.733. The van der Waals surface area contributed by atoms with E-state index in [1.54, 1.807) is 36.1 Å². The van der Waals surface area contributed by atoms with Crippen LogP contribution in [0.25, 0.3) is 11.0 Å². The first-order chi connectivity index (χ1) is 12.9. The van der Waals surface area contributed by atoms with Crippen LogP contribution in [0.3, 0.4) is 0 Å². The second-order valence-electron chi connectivity index (χ2n) is 6.68. The van der Waals surface area contributed by atoms with Crippen LogP contribution in [-0.2, 0) is 27.9 Å². The molecular formula is C19H23N3O5. The third kappa shape index (κ3) is 3.65. The number of para-hydroxylation sites is 2. The van der Waals surface area contributed by atoms with Crippen LogP contribution >= 0.6 is 0 Å². The lowest BCUT2D eigenvalue weighted by atomic mass is 9.98. The van der Waals surface area contributed by atoms with E-state index in [9.17, 15) is 19.2 Å². The summed E-state index contributed by atoms with van der Waals surface area (Å²) in [4.78, 5) is 51.0. The summed E-state index contributed by atoms with van der Waals surface area (Å²) in [5.74, 6) is -0.935. The van der Waals surface area contributed by atoms with Crippen molar-refractivity contribution >= 4 is 22.9 Å². The van der Waals surface area contributed by atoms with Crippen LogP contribution in [0, 0.1) is 5.92 Å². The minimum Gasteiger partial charge on any atom is -0.466 e. The van der Waals surface area contributed by atoms with Crippen molar-refractivity contribution in [3.63, 3.8) is 0 Å². The number of nitrogens with zero attached hydrogens (tertiary/aromatic N) is 3. The summed E-state index contributed by atoms with van der Waals surface area (Å²) >= 11 is 0. The van der Waals surface area contributed by atoms with Crippen molar-refractivity contribution in [2.75, 3.05) is 19.7 Å². The molecule has 1 aromatic carbocycles. The van der Waals surface area contributed by atoms with E-state index in [1.807, 2.05) is 0 Å². The van der Waals surface area contributed by atoms with Crippen molar-refractivity contribution in [2.24, 2.45) is 13.0 Å². The van der Waals surface area contributed by atoms with Gasteiger partial charge in [0.2, 0.25) is 5.91 Å². The molecule has 1 aliphatic rings. The van der Waals surface area contributed by atoms with Crippen molar-refractivity contribution in [3.8, 4) is 0 Å². The summed E-state index contributed by atoms with van der Waals surface area (Å²) in [5.41, 5.74) is -0.303. The monoisotopic (exact) mass is 373 g/mol. The van der Waals surface area contributed by atoms with E-state index in [2.05, 4.69) is 0 Å². The second-order valence-corrected chi connectivity index (χ2v) is 6.68. The minimum absolute atomic E-state index is 0.231. The van der Waals surface area contributed by atoms with Gasteiger partial charge < -0.3 is 14.2 Å². The van der Waals surface area contributed by atoms with Crippen LogP contribution in [0.5, 0.6) is 0 Å². The van der Waals surface area contributed by atoms with E-state index in [1.165, 1.54) is 16.2 Å². The van der Waals surface area contributed by atoms with Gasteiger partial charge in [0.1, 0.15) is 6.54 Å². The van der Waals surface area contributed by atoms with Crippen LogP contribution in [0.1, 0.15) is 19.8 Å². The van der Waals surface area contributed by atoms with Gasteiger partial charge in [-0.2, -0.15) is 0 Å². The maximum absolute atomic E-state index is 12.8. The molecule has 8 nitrogen and oxygen atoms in total. The van der Waals surface area contributed by atoms with Crippen molar-refractivity contribution in [2.45, 2.75) is 26.3 Å². The van der Waals surface area contributed by atoms with Crippen molar-refractivity contribution in [1.82, 2.24) is 14.0 Å². The lowest BCUT2D eigenvalue weighted by Gasteiger charge is -2.31. The molecule has 144 valence electrons. The molecule has 0 N–H and O–H groups in total. The predicted octanol–water partition coefficient (Wildman–Crippen LogP) is 0.502. The molecule has 2 heterocycles. The zero-order valence-corrected chi connectivity index (χ0v) is 15.5. The largest absolute Gasteiger partial charge is 0.466 e.